The molecule has 4 rings (SSSR count). The monoisotopic (exact) mass is 392 g/mol. The van der Waals surface area contributed by atoms with Crippen molar-refractivity contribution >= 4 is 22.9 Å². The molecule has 0 saturated carbocycles. The zero-order valence-electron chi connectivity index (χ0n) is 16.7. The standard InChI is InChI=1S/C22H24N4O3/c1-14-12-18(19-15(2)25-29-21(19)24-14)20(27)23-13-16-6-8-17(9-7-16)22(28)26-10-4-3-5-11-26/h6-9,12H,3-5,10-11,13H2,1-2H3,(H,23,27). The number of carbonyl (C=O) groups is 2. The Bertz CT molecular complexity index is 1050. The number of aryl methyl sites for hydroxylation is 2. The van der Waals surface area contributed by atoms with Gasteiger partial charge in [0.25, 0.3) is 17.5 Å². The van der Waals surface area contributed by atoms with E-state index in [0.717, 1.165) is 31.5 Å². The summed E-state index contributed by atoms with van der Waals surface area (Å²) < 4.78 is 5.19. The number of carbonyl (C=O) groups excluding carboxylic acids is 2. The summed E-state index contributed by atoms with van der Waals surface area (Å²) in [4.78, 5) is 31.5. The molecule has 0 radical (unpaired) electrons. The van der Waals surface area contributed by atoms with Crippen molar-refractivity contribution in [2.45, 2.75) is 39.7 Å². The van der Waals surface area contributed by atoms with Crippen LogP contribution in [0.25, 0.3) is 11.1 Å². The Balaban J connectivity index is 1.43. The zero-order valence-corrected chi connectivity index (χ0v) is 16.7. The molecule has 1 aromatic carbocycles. The Morgan fingerprint density at radius 2 is 1.83 bits per heavy atom. The lowest BCUT2D eigenvalue weighted by Gasteiger charge is -2.26. The molecule has 7 nitrogen and oxygen atoms in total. The Morgan fingerprint density at radius 1 is 1.10 bits per heavy atom. The molecule has 1 aliphatic heterocycles. The smallest absolute Gasteiger partial charge is 0.258 e. The van der Waals surface area contributed by atoms with Crippen LogP contribution in [-0.4, -0.2) is 39.9 Å². The quantitative estimate of drug-likeness (QED) is 0.735. The number of hydrogen-bond acceptors (Lipinski definition) is 5. The average Bonchev–Trinajstić information content (AvgIpc) is 3.12. The molecule has 150 valence electrons. The number of likely N-dealkylation sites (tertiary alicyclic amines) is 1. The van der Waals surface area contributed by atoms with Gasteiger partial charge in [-0.15, -0.1) is 0 Å². The summed E-state index contributed by atoms with van der Waals surface area (Å²) in [6.07, 6.45) is 3.34. The first-order valence-corrected chi connectivity index (χ1v) is 9.93. The van der Waals surface area contributed by atoms with Gasteiger partial charge < -0.3 is 14.7 Å². The van der Waals surface area contributed by atoms with Crippen LogP contribution in [0.15, 0.2) is 34.9 Å². The van der Waals surface area contributed by atoms with Gasteiger partial charge in [-0.3, -0.25) is 9.59 Å². The van der Waals surface area contributed by atoms with Crippen molar-refractivity contribution in [1.29, 1.82) is 0 Å². The largest absolute Gasteiger partial charge is 0.348 e. The van der Waals surface area contributed by atoms with Gasteiger partial charge in [0.1, 0.15) is 0 Å². The third kappa shape index (κ3) is 3.99. The van der Waals surface area contributed by atoms with Crippen LogP contribution in [0.4, 0.5) is 0 Å². The highest BCUT2D eigenvalue weighted by Gasteiger charge is 2.19. The lowest BCUT2D eigenvalue weighted by atomic mass is 10.1. The maximum absolute atomic E-state index is 12.7. The van der Waals surface area contributed by atoms with E-state index in [0.29, 0.717) is 40.2 Å². The first-order chi connectivity index (χ1) is 14.0. The van der Waals surface area contributed by atoms with Gasteiger partial charge >= 0.3 is 0 Å². The van der Waals surface area contributed by atoms with Crippen molar-refractivity contribution in [1.82, 2.24) is 20.4 Å². The van der Waals surface area contributed by atoms with E-state index in [1.54, 1.807) is 13.0 Å². The number of pyridine rings is 1. The van der Waals surface area contributed by atoms with Gasteiger partial charge in [-0.25, -0.2) is 4.98 Å². The molecule has 2 amide bonds. The molecular formula is C22H24N4O3. The van der Waals surface area contributed by atoms with Gasteiger partial charge in [0.05, 0.1) is 16.6 Å². The van der Waals surface area contributed by atoms with Crippen LogP contribution in [0.3, 0.4) is 0 Å². The first-order valence-electron chi connectivity index (χ1n) is 9.93. The molecule has 3 aromatic rings. The molecular weight excluding hydrogens is 368 g/mol. The van der Waals surface area contributed by atoms with Gasteiger partial charge in [0.2, 0.25) is 0 Å². The lowest BCUT2D eigenvalue weighted by Crippen LogP contribution is -2.35. The summed E-state index contributed by atoms with van der Waals surface area (Å²) in [5.74, 6) is -0.127. The Kier molecular flexibility index (Phi) is 5.29. The molecule has 1 fully saturated rings. The van der Waals surface area contributed by atoms with Crippen LogP contribution in [0, 0.1) is 13.8 Å². The van der Waals surface area contributed by atoms with E-state index >= 15 is 0 Å². The number of fused-ring (bicyclic) bond motifs is 1. The highest BCUT2D eigenvalue weighted by molar-refractivity contribution is 6.06. The topological polar surface area (TPSA) is 88.3 Å². The summed E-state index contributed by atoms with van der Waals surface area (Å²) >= 11 is 0. The second-order valence-electron chi connectivity index (χ2n) is 7.49. The third-order valence-corrected chi connectivity index (χ3v) is 5.29. The molecule has 0 atom stereocenters. The number of rotatable bonds is 4. The van der Waals surface area contributed by atoms with Crippen LogP contribution in [0.1, 0.15) is 56.9 Å². The Labute approximate surface area is 169 Å². The van der Waals surface area contributed by atoms with Gasteiger partial charge in [-0.1, -0.05) is 17.3 Å². The molecule has 0 unspecified atom stereocenters. The number of hydrogen-bond donors (Lipinski definition) is 1. The predicted octanol–water partition coefficient (Wildman–Crippen LogP) is 3.40. The first kappa shape index (κ1) is 19.1. The highest BCUT2D eigenvalue weighted by Crippen LogP contribution is 2.22. The Morgan fingerprint density at radius 3 is 2.55 bits per heavy atom. The van der Waals surface area contributed by atoms with Crippen LogP contribution < -0.4 is 5.32 Å². The molecule has 29 heavy (non-hydrogen) atoms. The summed E-state index contributed by atoms with van der Waals surface area (Å²) in [5.41, 5.74) is 3.82. The number of nitrogens with zero attached hydrogens (tertiary/aromatic N) is 3. The van der Waals surface area contributed by atoms with E-state index in [2.05, 4.69) is 15.5 Å². The normalized spacial score (nSPS) is 14.2. The third-order valence-electron chi connectivity index (χ3n) is 5.29. The lowest BCUT2D eigenvalue weighted by molar-refractivity contribution is 0.0724. The number of piperidine rings is 1. The molecule has 1 saturated heterocycles. The minimum absolute atomic E-state index is 0.0814. The highest BCUT2D eigenvalue weighted by atomic mass is 16.5. The minimum Gasteiger partial charge on any atom is -0.348 e. The molecule has 2 aromatic heterocycles. The SMILES string of the molecule is Cc1cc(C(=O)NCc2ccc(C(=O)N3CCCCC3)cc2)c2c(C)noc2n1. The maximum atomic E-state index is 12.7. The van der Waals surface area contributed by atoms with Crippen molar-refractivity contribution < 1.29 is 14.1 Å². The minimum atomic E-state index is -0.208. The van der Waals surface area contributed by atoms with Crippen molar-refractivity contribution in [3.8, 4) is 0 Å². The van der Waals surface area contributed by atoms with E-state index in [1.807, 2.05) is 36.1 Å². The van der Waals surface area contributed by atoms with Crippen LogP contribution in [0.2, 0.25) is 0 Å². The molecule has 0 spiro atoms. The van der Waals surface area contributed by atoms with E-state index in [1.165, 1.54) is 6.42 Å². The predicted molar refractivity (Wildman–Crippen MR) is 109 cm³/mol. The zero-order chi connectivity index (χ0) is 20.4. The van der Waals surface area contributed by atoms with Gasteiger partial charge in [0.15, 0.2) is 0 Å². The molecule has 1 aliphatic rings. The Hall–Kier alpha value is -3.22. The fourth-order valence-electron chi connectivity index (χ4n) is 3.72. The van der Waals surface area contributed by atoms with Crippen LogP contribution in [-0.2, 0) is 6.54 Å². The number of benzene rings is 1. The van der Waals surface area contributed by atoms with E-state index in [4.69, 9.17) is 4.52 Å². The van der Waals surface area contributed by atoms with Crippen molar-refractivity contribution in [3.05, 3.63) is 58.4 Å². The van der Waals surface area contributed by atoms with Gasteiger partial charge in [-0.2, -0.15) is 0 Å². The van der Waals surface area contributed by atoms with Gasteiger partial charge in [-0.05, 0) is 56.9 Å². The molecule has 0 bridgehead atoms. The summed E-state index contributed by atoms with van der Waals surface area (Å²) in [5, 5.41) is 7.48. The van der Waals surface area contributed by atoms with E-state index in [-0.39, 0.29) is 11.8 Å². The van der Waals surface area contributed by atoms with Crippen molar-refractivity contribution in [2.75, 3.05) is 13.1 Å². The number of aromatic nitrogens is 2. The molecule has 7 heteroatoms. The second-order valence-corrected chi connectivity index (χ2v) is 7.49. The second kappa shape index (κ2) is 8.03. The molecule has 3 heterocycles. The maximum Gasteiger partial charge on any atom is 0.258 e. The number of amides is 2. The summed E-state index contributed by atoms with van der Waals surface area (Å²) in [7, 11) is 0. The fraction of sp³-hybridized carbons (Fsp3) is 0.364. The molecule has 0 aliphatic carbocycles. The molecule has 1 N–H and O–H groups in total. The fourth-order valence-corrected chi connectivity index (χ4v) is 3.72. The van der Waals surface area contributed by atoms with E-state index < -0.39 is 0 Å². The van der Waals surface area contributed by atoms with Crippen LogP contribution in [0.5, 0.6) is 0 Å². The van der Waals surface area contributed by atoms with Crippen molar-refractivity contribution in [3.63, 3.8) is 0 Å². The summed E-state index contributed by atoms with van der Waals surface area (Å²) in [6.45, 7) is 5.63. The number of nitrogens with one attached hydrogen (secondary N) is 1. The van der Waals surface area contributed by atoms with E-state index in [9.17, 15) is 9.59 Å². The van der Waals surface area contributed by atoms with Gasteiger partial charge in [0, 0.05) is 30.9 Å². The summed E-state index contributed by atoms with van der Waals surface area (Å²) in [6, 6.07) is 9.17. The van der Waals surface area contributed by atoms with Crippen LogP contribution >= 0.6 is 0 Å². The average molecular weight is 392 g/mol. The van der Waals surface area contributed by atoms with Crippen molar-refractivity contribution in [2.24, 2.45) is 0 Å².